The van der Waals surface area contributed by atoms with Crippen molar-refractivity contribution in [1.29, 1.82) is 5.41 Å². The van der Waals surface area contributed by atoms with Crippen molar-refractivity contribution in [3.05, 3.63) is 23.7 Å². The van der Waals surface area contributed by atoms with Gasteiger partial charge in [0.05, 0.1) is 5.69 Å². The monoisotopic (exact) mass is 383 g/mol. The first-order valence-corrected chi connectivity index (χ1v) is 11.0. The molecule has 1 aromatic heterocycles. The van der Waals surface area contributed by atoms with Crippen molar-refractivity contribution in [3.8, 4) is 0 Å². The molecule has 28 heavy (non-hydrogen) atoms. The Bertz CT molecular complexity index is 688. The molecule has 0 aromatic carbocycles. The van der Waals surface area contributed by atoms with Gasteiger partial charge in [-0.25, -0.2) is 9.97 Å². The maximum atomic E-state index is 8.10. The van der Waals surface area contributed by atoms with Gasteiger partial charge in [-0.05, 0) is 56.9 Å². The van der Waals surface area contributed by atoms with Crippen molar-refractivity contribution < 1.29 is 4.74 Å². The molecule has 0 radical (unpaired) electrons. The smallest absolute Gasteiger partial charge is 0.223 e. The SMILES string of the molecule is N=C/C(=C(/CC1CC1)NC1CCOCC1)c1ccnc(NC2CCCCC2)n1. The van der Waals surface area contributed by atoms with Gasteiger partial charge in [-0.15, -0.1) is 0 Å². The number of allylic oxidation sites excluding steroid dienone is 2. The molecule has 2 saturated carbocycles. The largest absolute Gasteiger partial charge is 0.385 e. The molecule has 1 aliphatic heterocycles. The molecule has 1 saturated heterocycles. The highest BCUT2D eigenvalue weighted by Crippen LogP contribution is 2.36. The quantitative estimate of drug-likeness (QED) is 0.587. The Labute approximate surface area is 168 Å². The van der Waals surface area contributed by atoms with E-state index in [1.807, 2.05) is 12.3 Å². The van der Waals surface area contributed by atoms with Crippen LogP contribution in [0.3, 0.4) is 0 Å². The van der Waals surface area contributed by atoms with Crippen LogP contribution in [0.4, 0.5) is 5.95 Å². The zero-order valence-corrected chi connectivity index (χ0v) is 16.8. The molecule has 0 spiro atoms. The van der Waals surface area contributed by atoms with Gasteiger partial charge >= 0.3 is 0 Å². The molecule has 2 heterocycles. The summed E-state index contributed by atoms with van der Waals surface area (Å²) in [6.07, 6.45) is 15.2. The molecule has 0 unspecified atom stereocenters. The molecule has 3 fully saturated rings. The Morgan fingerprint density at radius 2 is 1.86 bits per heavy atom. The Kier molecular flexibility index (Phi) is 6.57. The van der Waals surface area contributed by atoms with E-state index in [1.165, 1.54) is 56.9 Å². The first-order valence-electron chi connectivity index (χ1n) is 11.0. The zero-order valence-electron chi connectivity index (χ0n) is 16.8. The van der Waals surface area contributed by atoms with E-state index >= 15 is 0 Å². The van der Waals surface area contributed by atoms with E-state index in [4.69, 9.17) is 15.1 Å². The fourth-order valence-electron chi connectivity index (χ4n) is 4.27. The van der Waals surface area contributed by atoms with E-state index in [2.05, 4.69) is 15.6 Å². The normalized spacial score (nSPS) is 22.4. The van der Waals surface area contributed by atoms with E-state index in [-0.39, 0.29) is 0 Å². The van der Waals surface area contributed by atoms with Gasteiger partial charge in [-0.3, -0.25) is 0 Å². The summed E-state index contributed by atoms with van der Waals surface area (Å²) < 4.78 is 5.50. The van der Waals surface area contributed by atoms with Crippen molar-refractivity contribution in [1.82, 2.24) is 15.3 Å². The van der Waals surface area contributed by atoms with E-state index in [1.54, 1.807) is 0 Å². The minimum Gasteiger partial charge on any atom is -0.385 e. The minimum absolute atomic E-state index is 0.430. The van der Waals surface area contributed by atoms with Gasteiger partial charge in [0.1, 0.15) is 0 Å². The second kappa shape index (κ2) is 9.50. The van der Waals surface area contributed by atoms with Crippen LogP contribution >= 0.6 is 0 Å². The maximum Gasteiger partial charge on any atom is 0.223 e. The van der Waals surface area contributed by atoms with Crippen LogP contribution in [-0.4, -0.2) is 41.5 Å². The molecule has 3 N–H and O–H groups in total. The molecule has 4 rings (SSSR count). The van der Waals surface area contributed by atoms with Gasteiger partial charge < -0.3 is 20.8 Å². The van der Waals surface area contributed by atoms with Gasteiger partial charge in [0, 0.05) is 49.0 Å². The maximum absolute atomic E-state index is 8.10. The Morgan fingerprint density at radius 1 is 1.07 bits per heavy atom. The van der Waals surface area contributed by atoms with Crippen LogP contribution in [0.5, 0.6) is 0 Å². The van der Waals surface area contributed by atoms with Gasteiger partial charge in [-0.1, -0.05) is 19.3 Å². The summed E-state index contributed by atoms with van der Waals surface area (Å²) in [6, 6.07) is 2.84. The number of nitrogens with one attached hydrogen (secondary N) is 3. The molecule has 0 bridgehead atoms. The van der Waals surface area contributed by atoms with Crippen LogP contribution in [0.25, 0.3) is 5.57 Å². The topological polar surface area (TPSA) is 82.9 Å². The number of anilines is 1. The number of hydrogen-bond donors (Lipinski definition) is 3. The lowest BCUT2D eigenvalue weighted by Gasteiger charge is -2.27. The summed E-state index contributed by atoms with van der Waals surface area (Å²) in [5.41, 5.74) is 2.93. The molecule has 3 aliphatic rings. The lowest BCUT2D eigenvalue weighted by atomic mass is 9.96. The van der Waals surface area contributed by atoms with Gasteiger partial charge in [0.15, 0.2) is 0 Å². The van der Waals surface area contributed by atoms with Gasteiger partial charge in [-0.2, -0.15) is 0 Å². The molecule has 2 aliphatic carbocycles. The molecule has 0 amide bonds. The van der Waals surface area contributed by atoms with Crippen LogP contribution in [0, 0.1) is 11.3 Å². The number of ether oxygens (including phenoxy) is 1. The van der Waals surface area contributed by atoms with Crippen LogP contribution in [0.1, 0.15) is 69.9 Å². The fraction of sp³-hybridized carbons (Fsp3) is 0.682. The van der Waals surface area contributed by atoms with E-state index in [9.17, 15) is 0 Å². The minimum atomic E-state index is 0.430. The predicted molar refractivity (Wildman–Crippen MR) is 113 cm³/mol. The predicted octanol–water partition coefficient (Wildman–Crippen LogP) is 4.15. The van der Waals surface area contributed by atoms with Crippen molar-refractivity contribution in [2.75, 3.05) is 18.5 Å². The summed E-state index contributed by atoms with van der Waals surface area (Å²) in [7, 11) is 0. The highest BCUT2D eigenvalue weighted by Gasteiger charge is 2.26. The molecule has 6 nitrogen and oxygen atoms in total. The second-order valence-electron chi connectivity index (χ2n) is 8.46. The van der Waals surface area contributed by atoms with E-state index in [0.29, 0.717) is 18.0 Å². The van der Waals surface area contributed by atoms with E-state index in [0.717, 1.165) is 49.7 Å². The van der Waals surface area contributed by atoms with E-state index < -0.39 is 0 Å². The number of nitrogens with zero attached hydrogens (tertiary/aromatic N) is 2. The van der Waals surface area contributed by atoms with Crippen LogP contribution < -0.4 is 10.6 Å². The highest BCUT2D eigenvalue weighted by molar-refractivity contribution is 6.08. The fourth-order valence-corrected chi connectivity index (χ4v) is 4.27. The standard InChI is InChI=1S/C22H33N5O/c23-15-19(21(14-16-6-7-16)25-18-9-12-28-13-10-18)20-8-11-24-22(27-20)26-17-4-2-1-3-5-17/h8,11,15-18,23,25H,1-7,9-10,12-14H2,(H,24,26,27)/b21-19+,23-15?. The first kappa shape index (κ1) is 19.4. The first-order chi connectivity index (χ1) is 13.8. The third-order valence-electron chi connectivity index (χ3n) is 6.13. The van der Waals surface area contributed by atoms with Crippen molar-refractivity contribution >= 4 is 17.7 Å². The summed E-state index contributed by atoms with van der Waals surface area (Å²) in [5.74, 6) is 1.44. The van der Waals surface area contributed by atoms with Gasteiger partial charge in [0.25, 0.3) is 0 Å². The number of rotatable bonds is 8. The van der Waals surface area contributed by atoms with Gasteiger partial charge in [0.2, 0.25) is 5.95 Å². The molecule has 1 aromatic rings. The van der Waals surface area contributed by atoms with Crippen molar-refractivity contribution in [2.24, 2.45) is 5.92 Å². The van der Waals surface area contributed by atoms with Crippen LogP contribution in [0.15, 0.2) is 18.0 Å². The molecular weight excluding hydrogens is 350 g/mol. The number of hydrogen-bond acceptors (Lipinski definition) is 6. The Hall–Kier alpha value is -1.95. The average Bonchev–Trinajstić information content (AvgIpc) is 3.54. The van der Waals surface area contributed by atoms with Crippen molar-refractivity contribution in [2.45, 2.75) is 76.3 Å². The summed E-state index contributed by atoms with van der Waals surface area (Å²) in [5, 5.41) is 15.4. The molecule has 0 atom stereocenters. The Morgan fingerprint density at radius 3 is 2.57 bits per heavy atom. The second-order valence-corrected chi connectivity index (χ2v) is 8.46. The third kappa shape index (κ3) is 5.31. The lowest BCUT2D eigenvalue weighted by molar-refractivity contribution is 0.0801. The lowest BCUT2D eigenvalue weighted by Crippen LogP contribution is -2.35. The van der Waals surface area contributed by atoms with Crippen LogP contribution in [-0.2, 0) is 4.74 Å². The summed E-state index contributed by atoms with van der Waals surface area (Å²) in [6.45, 7) is 1.63. The van der Waals surface area contributed by atoms with Crippen molar-refractivity contribution in [3.63, 3.8) is 0 Å². The highest BCUT2D eigenvalue weighted by atomic mass is 16.5. The third-order valence-corrected chi connectivity index (χ3v) is 6.13. The Balaban J connectivity index is 1.54. The molecular formula is C22H33N5O. The summed E-state index contributed by atoms with van der Waals surface area (Å²) in [4.78, 5) is 9.23. The summed E-state index contributed by atoms with van der Waals surface area (Å²) >= 11 is 0. The molecule has 152 valence electrons. The average molecular weight is 384 g/mol. The zero-order chi connectivity index (χ0) is 19.2. The van der Waals surface area contributed by atoms with Crippen LogP contribution in [0.2, 0.25) is 0 Å². The number of aromatic nitrogens is 2. The molecule has 6 heteroatoms.